The maximum absolute atomic E-state index is 13.8. The number of fused-ring (bicyclic) bond motifs is 4. The van der Waals surface area contributed by atoms with Gasteiger partial charge in [0.1, 0.15) is 6.26 Å². The monoisotopic (exact) mass is 548 g/mol. The molecule has 2 N–H and O–H groups in total. The first-order valence-electron chi connectivity index (χ1n) is 12.0. The van der Waals surface area contributed by atoms with Gasteiger partial charge in [-0.2, -0.15) is 0 Å². The number of hydrogen-bond acceptors (Lipinski definition) is 6. The van der Waals surface area contributed by atoms with Crippen LogP contribution in [-0.2, 0) is 17.7 Å². The number of rotatable bonds is 6. The molecule has 1 aliphatic carbocycles. The second-order valence-corrected chi connectivity index (χ2v) is 10.1. The third-order valence-corrected chi connectivity index (χ3v) is 7.60. The molecule has 3 aliphatic heterocycles. The summed E-state index contributed by atoms with van der Waals surface area (Å²) in [4.78, 5) is 39.4. The Balaban J connectivity index is 1.41. The molecule has 0 bridgehead atoms. The summed E-state index contributed by atoms with van der Waals surface area (Å²) in [5.41, 5.74) is 10.6. The summed E-state index contributed by atoms with van der Waals surface area (Å²) < 4.78 is 7.93. The summed E-state index contributed by atoms with van der Waals surface area (Å²) in [6, 6.07) is 10.1. The number of aromatic nitrogens is 2. The molecule has 0 unspecified atom stereocenters. The molecule has 0 radical (unpaired) electrons. The summed E-state index contributed by atoms with van der Waals surface area (Å²) in [5, 5.41) is 0. The third-order valence-electron chi connectivity index (χ3n) is 7.02. The molecule has 1 atom stereocenters. The lowest BCUT2D eigenvalue weighted by molar-refractivity contribution is 0.0836. The Hall–Kier alpha value is -3.66. The molecule has 4 heterocycles. The average Bonchev–Trinajstić information content (AvgIpc) is 3.57. The number of ether oxygens (including phenoxy) is 1. The van der Waals surface area contributed by atoms with E-state index in [9.17, 15) is 9.59 Å². The van der Waals surface area contributed by atoms with Crippen molar-refractivity contribution in [3.8, 4) is 0 Å². The number of benzene rings is 1. The van der Waals surface area contributed by atoms with Crippen molar-refractivity contribution in [2.75, 3.05) is 18.0 Å². The molecule has 10 heteroatoms. The van der Waals surface area contributed by atoms with Gasteiger partial charge in [0, 0.05) is 13.1 Å². The van der Waals surface area contributed by atoms with Crippen molar-refractivity contribution in [2.45, 2.75) is 38.8 Å². The van der Waals surface area contributed by atoms with Crippen molar-refractivity contribution >= 4 is 39.5 Å². The lowest BCUT2D eigenvalue weighted by Gasteiger charge is -2.33. The number of allylic oxidation sites excluding steroid dienone is 4. The predicted octanol–water partition coefficient (Wildman–Crippen LogP) is 3.49. The SMILES string of the molecule is CCN1C(=O)c2c(nc(C(N)=O)n2CC2=C3C(Br)=COC=C3CC2)N2C[C@@H](Cc3ccccc3)N=C12. The fourth-order valence-electron chi connectivity index (χ4n) is 5.43. The van der Waals surface area contributed by atoms with Gasteiger partial charge in [0.25, 0.3) is 11.8 Å². The van der Waals surface area contributed by atoms with E-state index in [1.54, 1.807) is 22.0 Å². The summed E-state index contributed by atoms with van der Waals surface area (Å²) in [6.45, 7) is 3.29. The van der Waals surface area contributed by atoms with Gasteiger partial charge in [-0.1, -0.05) is 30.3 Å². The van der Waals surface area contributed by atoms with E-state index in [2.05, 4.69) is 33.0 Å². The normalized spacial score (nSPS) is 20.4. The number of carbonyl (C=O) groups excluding carboxylic acids is 2. The van der Waals surface area contributed by atoms with Gasteiger partial charge in [0.2, 0.25) is 11.8 Å². The second-order valence-electron chi connectivity index (χ2n) is 9.21. The number of primary amides is 1. The Labute approximate surface area is 216 Å². The predicted molar refractivity (Wildman–Crippen MR) is 139 cm³/mol. The van der Waals surface area contributed by atoms with Gasteiger partial charge < -0.3 is 15.0 Å². The molecule has 36 heavy (non-hydrogen) atoms. The Morgan fingerprint density at radius 2 is 2.03 bits per heavy atom. The molecule has 9 nitrogen and oxygen atoms in total. The number of imidazole rings is 1. The van der Waals surface area contributed by atoms with Gasteiger partial charge in [-0.05, 0) is 64.4 Å². The molecule has 0 saturated heterocycles. The van der Waals surface area contributed by atoms with Gasteiger partial charge in [-0.3, -0.25) is 19.4 Å². The molecule has 1 aromatic carbocycles. The summed E-state index contributed by atoms with van der Waals surface area (Å²) in [7, 11) is 0. The van der Waals surface area contributed by atoms with Crippen molar-refractivity contribution in [3.63, 3.8) is 0 Å². The molecule has 4 aliphatic rings. The molecule has 2 aromatic rings. The Bertz CT molecular complexity index is 1400. The Morgan fingerprint density at radius 3 is 2.78 bits per heavy atom. The number of guanidine groups is 1. The summed E-state index contributed by atoms with van der Waals surface area (Å²) in [5.74, 6) is 0.229. The lowest BCUT2D eigenvalue weighted by Crippen LogP contribution is -2.50. The van der Waals surface area contributed by atoms with Gasteiger partial charge >= 0.3 is 0 Å². The van der Waals surface area contributed by atoms with Gasteiger partial charge in [0.05, 0.1) is 23.3 Å². The number of carbonyl (C=O) groups is 2. The number of hydrogen-bond donors (Lipinski definition) is 1. The minimum Gasteiger partial charge on any atom is -0.471 e. The fourth-order valence-corrected chi connectivity index (χ4v) is 6.07. The molecule has 1 aromatic heterocycles. The van der Waals surface area contributed by atoms with Crippen LogP contribution in [-0.4, -0.2) is 51.4 Å². The summed E-state index contributed by atoms with van der Waals surface area (Å²) >= 11 is 3.59. The van der Waals surface area contributed by atoms with Crippen molar-refractivity contribution in [1.29, 1.82) is 0 Å². The van der Waals surface area contributed by atoms with E-state index < -0.39 is 5.91 Å². The van der Waals surface area contributed by atoms with Crippen molar-refractivity contribution in [3.05, 3.63) is 81.1 Å². The lowest BCUT2D eigenvalue weighted by atomic mass is 10.1. The Morgan fingerprint density at radius 1 is 1.22 bits per heavy atom. The highest BCUT2D eigenvalue weighted by atomic mass is 79.9. The molecule has 0 spiro atoms. The van der Waals surface area contributed by atoms with E-state index in [-0.39, 0.29) is 17.8 Å². The molecule has 184 valence electrons. The van der Waals surface area contributed by atoms with E-state index in [1.807, 2.05) is 30.0 Å². The highest BCUT2D eigenvalue weighted by Gasteiger charge is 2.44. The first-order chi connectivity index (χ1) is 17.5. The van der Waals surface area contributed by atoms with E-state index in [4.69, 9.17) is 15.5 Å². The minimum absolute atomic E-state index is 0.0341. The van der Waals surface area contributed by atoms with Crippen LogP contribution in [0.1, 0.15) is 46.4 Å². The van der Waals surface area contributed by atoms with Crippen LogP contribution in [0.3, 0.4) is 0 Å². The highest BCUT2D eigenvalue weighted by molar-refractivity contribution is 9.12. The second kappa shape index (κ2) is 8.77. The summed E-state index contributed by atoms with van der Waals surface area (Å²) in [6.07, 6.45) is 5.76. The first-order valence-corrected chi connectivity index (χ1v) is 12.8. The fraction of sp³-hybridized carbons (Fsp3) is 0.308. The van der Waals surface area contributed by atoms with Crippen LogP contribution in [0.2, 0.25) is 0 Å². The average molecular weight is 549 g/mol. The quantitative estimate of drug-likeness (QED) is 0.594. The van der Waals surface area contributed by atoms with Crippen LogP contribution in [0.4, 0.5) is 5.82 Å². The van der Waals surface area contributed by atoms with E-state index in [0.29, 0.717) is 37.1 Å². The van der Waals surface area contributed by atoms with E-state index in [1.165, 1.54) is 5.56 Å². The number of amides is 2. The van der Waals surface area contributed by atoms with Crippen LogP contribution in [0.25, 0.3) is 0 Å². The number of halogens is 1. The molecule has 0 saturated carbocycles. The van der Waals surface area contributed by atoms with Crippen LogP contribution in [0, 0.1) is 0 Å². The zero-order chi connectivity index (χ0) is 25.0. The maximum atomic E-state index is 13.8. The van der Waals surface area contributed by atoms with Crippen molar-refractivity contribution in [1.82, 2.24) is 14.5 Å². The molecule has 6 rings (SSSR count). The van der Waals surface area contributed by atoms with Crippen LogP contribution in [0.5, 0.6) is 0 Å². The largest absolute Gasteiger partial charge is 0.471 e. The van der Waals surface area contributed by atoms with E-state index in [0.717, 1.165) is 40.5 Å². The first kappa shape index (κ1) is 22.8. The zero-order valence-corrected chi connectivity index (χ0v) is 21.4. The van der Waals surface area contributed by atoms with E-state index >= 15 is 0 Å². The number of nitrogens with zero attached hydrogens (tertiary/aromatic N) is 5. The molecular formula is C26H25BrN6O3. The van der Waals surface area contributed by atoms with Gasteiger partial charge in [0.15, 0.2) is 11.5 Å². The molecular weight excluding hydrogens is 524 g/mol. The Kier molecular flexibility index (Phi) is 5.55. The standard InChI is InChI=1S/C26H25BrN6O3/c1-2-31-25(35)21-23(33-12-18(29-26(31)33)10-15-6-4-3-5-7-15)30-24(22(28)34)32(21)11-16-8-9-17-13-36-14-19(27)20(16)17/h3-7,13-14,18H,2,8-12H2,1H3,(H2,28,34)/t18-/m1/s1. The van der Waals surface area contributed by atoms with Crippen LogP contribution < -0.4 is 10.6 Å². The minimum atomic E-state index is -0.667. The van der Waals surface area contributed by atoms with Gasteiger partial charge in [-0.25, -0.2) is 9.98 Å². The molecule has 2 amide bonds. The number of anilines is 1. The van der Waals surface area contributed by atoms with Crippen LogP contribution in [0.15, 0.2) is 69.1 Å². The smallest absolute Gasteiger partial charge is 0.284 e. The van der Waals surface area contributed by atoms with Gasteiger partial charge in [-0.15, -0.1) is 0 Å². The third kappa shape index (κ3) is 3.59. The maximum Gasteiger partial charge on any atom is 0.284 e. The topological polar surface area (TPSA) is 106 Å². The number of aliphatic imine (C=N–C) groups is 1. The van der Waals surface area contributed by atoms with Crippen molar-refractivity contribution < 1.29 is 14.3 Å². The number of nitrogens with two attached hydrogens (primary N) is 1. The zero-order valence-electron chi connectivity index (χ0n) is 19.8. The van der Waals surface area contributed by atoms with Crippen molar-refractivity contribution in [2.24, 2.45) is 10.7 Å². The highest BCUT2D eigenvalue weighted by Crippen LogP contribution is 2.42. The molecule has 0 fully saturated rings. The van der Waals surface area contributed by atoms with Crippen LogP contribution >= 0.6 is 15.9 Å².